The van der Waals surface area contributed by atoms with E-state index >= 15 is 0 Å². The van der Waals surface area contributed by atoms with E-state index in [1.165, 1.54) is 22.3 Å². The molecule has 0 aromatic carbocycles. The minimum atomic E-state index is 0. The summed E-state index contributed by atoms with van der Waals surface area (Å²) in [5.41, 5.74) is 5.07. The molecule has 0 N–H and O–H groups in total. The summed E-state index contributed by atoms with van der Waals surface area (Å²) >= 11 is 0. The van der Waals surface area contributed by atoms with Crippen LogP contribution in [0.1, 0.15) is 22.3 Å². The fraction of sp³-hybridized carbons (Fsp3) is 0.118. The molecule has 0 saturated heterocycles. The summed E-state index contributed by atoms with van der Waals surface area (Å²) in [4.78, 5) is 0. The molecule has 4 fully saturated rings. The van der Waals surface area contributed by atoms with E-state index in [9.17, 15) is 0 Å². The van der Waals surface area contributed by atoms with Crippen LogP contribution in [0.2, 0.25) is 0 Å². The molecule has 2 aromatic heterocycles. The first-order valence-electron chi connectivity index (χ1n) is 11.7. The third-order valence-corrected chi connectivity index (χ3v) is 6.05. The maximum Gasteiger partial charge on any atom is 0.0224 e. The summed E-state index contributed by atoms with van der Waals surface area (Å²) in [7, 11) is 2.29. The molecule has 6 rings (SSSR count). The van der Waals surface area contributed by atoms with Crippen LogP contribution in [0.25, 0.3) is 0 Å². The molecule has 0 spiro atoms. The molecule has 0 aliphatic heterocycles. The molecule has 0 atom stereocenters. The van der Waals surface area contributed by atoms with Crippen molar-refractivity contribution in [3.05, 3.63) is 186 Å². The van der Waals surface area contributed by atoms with Crippen molar-refractivity contribution in [2.24, 2.45) is 0 Å². The fourth-order valence-corrected chi connectivity index (χ4v) is 3.53. The first-order valence-corrected chi connectivity index (χ1v) is 13.6. The molecule has 2 heterocycles. The van der Waals surface area contributed by atoms with Gasteiger partial charge in [0.1, 0.15) is 0 Å². The van der Waals surface area contributed by atoms with Crippen LogP contribution in [0.15, 0.2) is 11.6 Å². The standard InChI is InChI=1S/2C7H7P.4C5H5.2Zr/c2*1-6-3-4-8-5-7(6)2;4*1-2-4-5-3-1;;/h2*5H,1-2H3;4*1-5H;;. The Morgan fingerprint density at radius 2 is 0.553 bits per heavy atom. The average molecular weight is 687 g/mol. The Bertz CT molecular complexity index is 579. The van der Waals surface area contributed by atoms with Gasteiger partial charge in [-0.15, -0.1) is 0 Å². The zero-order valence-electron chi connectivity index (χ0n) is 22.6. The summed E-state index contributed by atoms with van der Waals surface area (Å²) in [5.74, 6) is 10.2. The van der Waals surface area contributed by atoms with Crippen LogP contribution < -0.4 is 0 Å². The largest absolute Gasteiger partial charge is 0.0665 e. The molecule has 24 radical (unpaired) electrons. The topological polar surface area (TPSA) is 0 Å². The summed E-state index contributed by atoms with van der Waals surface area (Å²) in [6.07, 6.45) is 40.0. The number of hydrogen-bond acceptors (Lipinski definition) is 0. The molecule has 0 unspecified atom stereocenters. The van der Waals surface area contributed by atoms with E-state index < -0.39 is 0 Å². The summed E-state index contributed by atoms with van der Waals surface area (Å²) in [6.45, 7) is 8.29. The number of aryl methyl sites for hydroxylation is 4. The van der Waals surface area contributed by atoms with Crippen molar-refractivity contribution in [3.8, 4) is 0 Å². The summed E-state index contributed by atoms with van der Waals surface area (Å²) in [6, 6.07) is 6.04. The first kappa shape index (κ1) is 41.2. The summed E-state index contributed by atoms with van der Waals surface area (Å²) < 4.78 is 0. The second-order valence-corrected chi connectivity index (χ2v) is 8.94. The van der Waals surface area contributed by atoms with Crippen LogP contribution in [-0.2, 0) is 52.4 Å². The molecular weight excluding hydrogens is 653 g/mol. The van der Waals surface area contributed by atoms with Crippen molar-refractivity contribution < 1.29 is 52.4 Å². The third-order valence-electron chi connectivity index (χ3n) is 4.54. The number of rotatable bonds is 0. The molecule has 4 aliphatic carbocycles. The van der Waals surface area contributed by atoms with Gasteiger partial charge in [0.25, 0.3) is 0 Å². The van der Waals surface area contributed by atoms with E-state index in [2.05, 4.69) is 49.2 Å². The van der Waals surface area contributed by atoms with Gasteiger partial charge < -0.3 is 0 Å². The van der Waals surface area contributed by atoms with Gasteiger partial charge in [-0.25, -0.2) is 0 Å². The predicted octanol–water partition coefficient (Wildman–Crippen LogP) is 9.05. The average Bonchev–Trinajstić information content (AvgIpc) is 3.75. The molecule has 38 heavy (non-hydrogen) atoms. The Balaban J connectivity index is 0. The minimum absolute atomic E-state index is 0. The zero-order chi connectivity index (χ0) is 26.1. The zero-order valence-corrected chi connectivity index (χ0v) is 29.3. The Hall–Kier alpha value is 1.07. The second kappa shape index (κ2) is 31.0. The van der Waals surface area contributed by atoms with Crippen molar-refractivity contribution >= 4 is 16.4 Å². The Kier molecular flexibility index (Phi) is 33.6. The van der Waals surface area contributed by atoms with Crippen LogP contribution in [0, 0.1) is 180 Å². The van der Waals surface area contributed by atoms with Crippen LogP contribution in [0.3, 0.4) is 0 Å². The van der Waals surface area contributed by atoms with Gasteiger partial charge in [0, 0.05) is 64.0 Å². The molecule has 4 heteroatoms. The minimum Gasteiger partial charge on any atom is -0.0665 e. The monoisotopic (exact) mass is 684 g/mol. The van der Waals surface area contributed by atoms with Gasteiger partial charge in [0.2, 0.25) is 0 Å². The van der Waals surface area contributed by atoms with E-state index in [1.807, 2.05) is 142 Å². The van der Waals surface area contributed by atoms with Crippen molar-refractivity contribution in [1.29, 1.82) is 0 Å². The van der Waals surface area contributed by atoms with Gasteiger partial charge in [-0.2, -0.15) is 0 Å². The van der Waals surface area contributed by atoms with Gasteiger partial charge in [-0.3, -0.25) is 0 Å². The van der Waals surface area contributed by atoms with Gasteiger partial charge in [0.05, 0.1) is 0 Å². The van der Waals surface area contributed by atoms with Crippen molar-refractivity contribution in [2.45, 2.75) is 27.7 Å². The maximum atomic E-state index is 3.02. The SMILES string of the molecule is Cc1[c][c]pcc1C.Cc1[c][c]pcc1C.[CH]1[CH][CH][CH][CH]1.[CH]1[CH][CH][CH][CH]1.[CH]1[CH][CH][CH][CH]1.[CH]1[CH][CH][CH][CH]1.[Zr].[Zr]. The molecule has 188 valence electrons. The fourth-order valence-electron chi connectivity index (χ4n) is 2.16. The quantitative estimate of drug-likeness (QED) is 0.260. The van der Waals surface area contributed by atoms with Gasteiger partial charge >= 0.3 is 0 Å². The molecule has 4 aliphatic rings. The van der Waals surface area contributed by atoms with Crippen LogP contribution >= 0.6 is 16.4 Å². The van der Waals surface area contributed by atoms with E-state index in [0.29, 0.717) is 0 Å². The number of hydrogen-bond donors (Lipinski definition) is 0. The van der Waals surface area contributed by atoms with Crippen molar-refractivity contribution in [1.82, 2.24) is 0 Å². The molecule has 0 amide bonds. The normalized spacial score (nSPS) is 16.9. The van der Waals surface area contributed by atoms with Gasteiger partial charge in [-0.05, 0) is 202 Å². The van der Waals surface area contributed by atoms with E-state index in [0.717, 1.165) is 16.4 Å². The van der Waals surface area contributed by atoms with Crippen molar-refractivity contribution in [3.63, 3.8) is 0 Å². The Morgan fingerprint density at radius 1 is 0.368 bits per heavy atom. The van der Waals surface area contributed by atoms with Crippen LogP contribution in [0.5, 0.6) is 0 Å². The first-order chi connectivity index (χ1) is 17.6. The second-order valence-electron chi connectivity index (χ2n) is 7.46. The smallest absolute Gasteiger partial charge is 0.0224 e. The molecule has 4 saturated carbocycles. The molecule has 0 bridgehead atoms. The van der Waals surface area contributed by atoms with Crippen LogP contribution in [-0.4, -0.2) is 0 Å². The van der Waals surface area contributed by atoms with Crippen LogP contribution in [0.4, 0.5) is 0 Å². The Labute approximate surface area is 280 Å². The van der Waals surface area contributed by atoms with Gasteiger partial charge in [0.15, 0.2) is 0 Å². The third kappa shape index (κ3) is 26.0. The van der Waals surface area contributed by atoms with E-state index in [-0.39, 0.29) is 52.4 Å². The molecule has 0 nitrogen and oxygen atoms in total. The predicted molar refractivity (Wildman–Crippen MR) is 158 cm³/mol. The molecule has 2 aromatic rings. The van der Waals surface area contributed by atoms with Crippen molar-refractivity contribution in [2.75, 3.05) is 0 Å². The van der Waals surface area contributed by atoms with E-state index in [4.69, 9.17) is 0 Å². The van der Waals surface area contributed by atoms with Gasteiger partial charge in [-0.1, -0.05) is 16.4 Å². The summed E-state index contributed by atoms with van der Waals surface area (Å²) in [5, 5.41) is 0. The molecular formula is C34H34P2Zr2. The maximum absolute atomic E-state index is 3.02. The van der Waals surface area contributed by atoms with E-state index in [1.54, 1.807) is 0 Å². The Morgan fingerprint density at radius 3 is 0.658 bits per heavy atom.